The van der Waals surface area contributed by atoms with E-state index in [1.807, 2.05) is 30.3 Å². The summed E-state index contributed by atoms with van der Waals surface area (Å²) in [6, 6.07) is 65.9. The van der Waals surface area contributed by atoms with Crippen LogP contribution in [-0.2, 0) is 0 Å². The van der Waals surface area contributed by atoms with E-state index in [1.165, 1.54) is 32.6 Å². The minimum absolute atomic E-state index is 0.601. The Morgan fingerprint density at radius 1 is 0.423 bits per heavy atom. The second-order valence-corrected chi connectivity index (χ2v) is 13.1. The molecule has 0 fully saturated rings. The zero-order valence-corrected chi connectivity index (χ0v) is 28.1. The average molecular weight is 663 g/mol. The van der Waals surface area contributed by atoms with Crippen LogP contribution in [0.2, 0.25) is 0 Å². The quantitative estimate of drug-likeness (QED) is 0.184. The van der Waals surface area contributed by atoms with Gasteiger partial charge in [-0.3, -0.25) is 0 Å². The maximum Gasteiger partial charge on any atom is 0.0998 e. The molecule has 242 valence electrons. The van der Waals surface area contributed by atoms with Gasteiger partial charge < -0.3 is 9.13 Å². The van der Waals surface area contributed by atoms with Crippen LogP contribution in [0.3, 0.4) is 0 Å². The lowest BCUT2D eigenvalue weighted by Crippen LogP contribution is -1.97. The van der Waals surface area contributed by atoms with Gasteiger partial charge >= 0.3 is 0 Å². The van der Waals surface area contributed by atoms with Crippen molar-refractivity contribution in [3.05, 3.63) is 188 Å². The zero-order valence-electron chi connectivity index (χ0n) is 28.1. The molecule has 7 aromatic carbocycles. The summed E-state index contributed by atoms with van der Waals surface area (Å²) >= 11 is 0. The van der Waals surface area contributed by atoms with Gasteiger partial charge in [0.25, 0.3) is 0 Å². The number of hydrogen-bond donors (Lipinski definition) is 0. The summed E-state index contributed by atoms with van der Waals surface area (Å²) in [5.41, 5.74) is 13.0. The van der Waals surface area contributed by atoms with Crippen molar-refractivity contribution in [1.82, 2.24) is 14.1 Å². The van der Waals surface area contributed by atoms with Crippen LogP contribution in [0.15, 0.2) is 182 Å². The molecule has 4 heteroatoms. The lowest BCUT2D eigenvalue weighted by Gasteiger charge is -2.14. The third-order valence-corrected chi connectivity index (χ3v) is 10.1. The molecule has 3 aromatic heterocycles. The average Bonchev–Trinajstić information content (AvgIpc) is 3.74. The first-order valence-corrected chi connectivity index (χ1v) is 17.5. The fourth-order valence-electron chi connectivity index (χ4n) is 7.85. The van der Waals surface area contributed by atoms with Crippen molar-refractivity contribution in [3.63, 3.8) is 0 Å². The second kappa shape index (κ2) is 12.0. The van der Waals surface area contributed by atoms with E-state index in [4.69, 9.17) is 4.98 Å². The standard InChI is InChI=1S/C48H30N4/c49-31-34-16-7-8-21-38(34)43-30-35(32-14-3-1-4-15-32)29-42(50-43)33-17-13-20-37(28-33)52-44-24-11-9-22-39(44)40-26-27-46-47(48(40)52)41-23-10-12-25-45(41)51(46)36-18-5-2-6-19-36/h1-30H. The topological polar surface area (TPSA) is 46.5 Å². The Balaban J connectivity index is 1.25. The SMILES string of the molecule is N#Cc1ccccc1-c1cc(-c2ccccc2)cc(-c2cccc(-n3c4ccccc4c4ccc5c(c6ccccc6n5-c5ccccc5)c43)c2)n1. The molecule has 0 saturated carbocycles. The molecule has 10 rings (SSSR count). The molecule has 0 aliphatic rings. The Morgan fingerprint density at radius 3 is 1.87 bits per heavy atom. The monoisotopic (exact) mass is 662 g/mol. The molecule has 0 spiro atoms. The summed E-state index contributed by atoms with van der Waals surface area (Å²) in [5, 5.41) is 14.8. The lowest BCUT2D eigenvalue weighted by atomic mass is 9.98. The number of pyridine rings is 1. The van der Waals surface area contributed by atoms with Crippen LogP contribution in [0.25, 0.3) is 88.6 Å². The number of rotatable bonds is 5. The van der Waals surface area contributed by atoms with Gasteiger partial charge in [-0.05, 0) is 71.8 Å². The summed E-state index contributed by atoms with van der Waals surface area (Å²) < 4.78 is 4.80. The van der Waals surface area contributed by atoms with Gasteiger partial charge in [-0.2, -0.15) is 5.26 Å². The third-order valence-electron chi connectivity index (χ3n) is 10.1. The molecule has 10 aromatic rings. The molecule has 0 bridgehead atoms. The van der Waals surface area contributed by atoms with Gasteiger partial charge in [-0.25, -0.2) is 4.98 Å². The first-order valence-electron chi connectivity index (χ1n) is 17.5. The normalized spacial score (nSPS) is 11.4. The second-order valence-electron chi connectivity index (χ2n) is 13.1. The molecule has 0 N–H and O–H groups in total. The van der Waals surface area contributed by atoms with E-state index in [1.54, 1.807) is 0 Å². The highest BCUT2D eigenvalue weighted by Gasteiger charge is 2.21. The first kappa shape index (κ1) is 29.7. The van der Waals surface area contributed by atoms with E-state index in [9.17, 15) is 5.26 Å². The van der Waals surface area contributed by atoms with Crippen molar-refractivity contribution in [2.45, 2.75) is 0 Å². The number of nitriles is 1. The van der Waals surface area contributed by atoms with Crippen molar-refractivity contribution >= 4 is 43.6 Å². The maximum atomic E-state index is 9.99. The Kier molecular flexibility index (Phi) is 6.84. The Bertz CT molecular complexity index is 3020. The maximum absolute atomic E-state index is 9.99. The predicted molar refractivity (Wildman–Crippen MR) is 214 cm³/mol. The molecule has 0 aliphatic heterocycles. The minimum atomic E-state index is 0.601. The molecule has 0 saturated heterocycles. The van der Waals surface area contributed by atoms with Crippen LogP contribution in [0.1, 0.15) is 5.56 Å². The van der Waals surface area contributed by atoms with E-state index in [2.05, 4.69) is 167 Å². The van der Waals surface area contributed by atoms with Crippen molar-refractivity contribution in [3.8, 4) is 51.1 Å². The summed E-state index contributed by atoms with van der Waals surface area (Å²) in [6.07, 6.45) is 0. The van der Waals surface area contributed by atoms with Gasteiger partial charge in [0.1, 0.15) is 0 Å². The van der Waals surface area contributed by atoms with Crippen molar-refractivity contribution < 1.29 is 0 Å². The number of aromatic nitrogens is 3. The highest BCUT2D eigenvalue weighted by atomic mass is 15.0. The number of para-hydroxylation sites is 3. The molecule has 52 heavy (non-hydrogen) atoms. The molecule has 0 amide bonds. The van der Waals surface area contributed by atoms with Gasteiger partial charge in [0.05, 0.1) is 45.1 Å². The van der Waals surface area contributed by atoms with Crippen LogP contribution in [0.4, 0.5) is 0 Å². The highest BCUT2D eigenvalue weighted by molar-refractivity contribution is 6.26. The van der Waals surface area contributed by atoms with Crippen LogP contribution in [-0.4, -0.2) is 14.1 Å². The number of nitrogens with zero attached hydrogens (tertiary/aromatic N) is 4. The Labute approximate surface area is 300 Å². The van der Waals surface area contributed by atoms with E-state index in [0.717, 1.165) is 56.0 Å². The third kappa shape index (κ3) is 4.65. The van der Waals surface area contributed by atoms with Crippen molar-refractivity contribution in [2.75, 3.05) is 0 Å². The van der Waals surface area contributed by atoms with Gasteiger partial charge in [0, 0.05) is 44.0 Å². The number of fused-ring (bicyclic) bond motifs is 7. The van der Waals surface area contributed by atoms with Gasteiger partial charge in [-0.1, -0.05) is 121 Å². The summed E-state index contributed by atoms with van der Waals surface area (Å²) in [7, 11) is 0. The van der Waals surface area contributed by atoms with Gasteiger partial charge in [-0.15, -0.1) is 0 Å². The Hall–Kier alpha value is -7.22. The molecule has 0 aliphatic carbocycles. The van der Waals surface area contributed by atoms with Crippen molar-refractivity contribution in [1.29, 1.82) is 5.26 Å². The van der Waals surface area contributed by atoms with E-state index >= 15 is 0 Å². The largest absolute Gasteiger partial charge is 0.309 e. The first-order chi connectivity index (χ1) is 25.8. The van der Waals surface area contributed by atoms with E-state index in [-0.39, 0.29) is 0 Å². The smallest absolute Gasteiger partial charge is 0.0998 e. The van der Waals surface area contributed by atoms with Crippen molar-refractivity contribution in [2.24, 2.45) is 0 Å². The minimum Gasteiger partial charge on any atom is -0.309 e. The summed E-state index contributed by atoms with van der Waals surface area (Å²) in [4.78, 5) is 5.22. The molecular weight excluding hydrogens is 633 g/mol. The highest BCUT2D eigenvalue weighted by Crippen LogP contribution is 2.42. The fourth-order valence-corrected chi connectivity index (χ4v) is 7.85. The lowest BCUT2D eigenvalue weighted by molar-refractivity contribution is 1.17. The van der Waals surface area contributed by atoms with Crippen LogP contribution < -0.4 is 0 Å². The number of hydrogen-bond acceptors (Lipinski definition) is 2. The zero-order chi connectivity index (χ0) is 34.6. The molecule has 0 radical (unpaired) electrons. The molecule has 3 heterocycles. The molecule has 4 nitrogen and oxygen atoms in total. The Morgan fingerprint density at radius 2 is 1.06 bits per heavy atom. The van der Waals surface area contributed by atoms with E-state index in [0.29, 0.717) is 5.56 Å². The predicted octanol–water partition coefficient (Wildman–Crippen LogP) is 12.1. The van der Waals surface area contributed by atoms with Crippen LogP contribution >= 0.6 is 0 Å². The van der Waals surface area contributed by atoms with Crippen LogP contribution in [0.5, 0.6) is 0 Å². The van der Waals surface area contributed by atoms with Gasteiger partial charge in [0.2, 0.25) is 0 Å². The molecule has 0 unspecified atom stereocenters. The van der Waals surface area contributed by atoms with Gasteiger partial charge in [0.15, 0.2) is 0 Å². The summed E-state index contributed by atoms with van der Waals surface area (Å²) in [6.45, 7) is 0. The van der Waals surface area contributed by atoms with E-state index < -0.39 is 0 Å². The molecular formula is C48H30N4. The molecule has 0 atom stereocenters. The fraction of sp³-hybridized carbons (Fsp3) is 0. The van der Waals surface area contributed by atoms with Crippen LogP contribution in [0, 0.1) is 11.3 Å². The summed E-state index contributed by atoms with van der Waals surface area (Å²) in [5.74, 6) is 0. The number of benzene rings is 7.